The van der Waals surface area contributed by atoms with E-state index in [1.54, 1.807) is 10.2 Å². The summed E-state index contributed by atoms with van der Waals surface area (Å²) in [5.74, 6) is -2.97. The first kappa shape index (κ1) is 25.5. The highest BCUT2D eigenvalue weighted by atomic mass is 19.4. The molecule has 192 valence electrons. The Balaban J connectivity index is 1.90. The molecule has 0 saturated carbocycles. The molecule has 2 aromatic heterocycles. The van der Waals surface area contributed by atoms with E-state index in [0.717, 1.165) is 22.9 Å². The van der Waals surface area contributed by atoms with E-state index in [9.17, 15) is 35.9 Å². The van der Waals surface area contributed by atoms with Gasteiger partial charge in [0.25, 0.3) is 5.91 Å². The monoisotopic (exact) mass is 512 g/mol. The van der Waals surface area contributed by atoms with Crippen LogP contribution in [0.5, 0.6) is 0 Å². The lowest BCUT2D eigenvalue weighted by molar-refractivity contribution is -0.153. The number of halogens is 6. The van der Waals surface area contributed by atoms with Crippen molar-refractivity contribution in [1.29, 1.82) is 0 Å². The third kappa shape index (κ3) is 4.89. The highest BCUT2D eigenvalue weighted by Gasteiger charge is 2.40. The first-order chi connectivity index (χ1) is 16.8. The molecule has 0 bridgehead atoms. The number of fused-ring (bicyclic) bond motifs is 1. The van der Waals surface area contributed by atoms with Crippen LogP contribution >= 0.6 is 0 Å². The Labute approximate surface area is 201 Å². The zero-order chi connectivity index (χ0) is 26.4. The van der Waals surface area contributed by atoms with Gasteiger partial charge in [-0.25, -0.2) is 18.2 Å². The van der Waals surface area contributed by atoms with Crippen molar-refractivity contribution in [3.8, 4) is 5.69 Å². The van der Waals surface area contributed by atoms with E-state index in [0.29, 0.717) is 12.6 Å². The van der Waals surface area contributed by atoms with Gasteiger partial charge in [0, 0.05) is 25.2 Å². The lowest BCUT2D eigenvalue weighted by Gasteiger charge is -2.21. The van der Waals surface area contributed by atoms with Gasteiger partial charge in [0.05, 0.1) is 17.6 Å². The first-order valence-corrected chi connectivity index (χ1v) is 11.1. The Morgan fingerprint density at radius 2 is 1.94 bits per heavy atom. The summed E-state index contributed by atoms with van der Waals surface area (Å²) >= 11 is 0. The van der Waals surface area contributed by atoms with Crippen LogP contribution in [0.4, 0.5) is 32.2 Å². The van der Waals surface area contributed by atoms with Gasteiger partial charge >= 0.3 is 6.18 Å². The molecule has 4 rings (SSSR count). The number of aromatic nitrogens is 2. The van der Waals surface area contributed by atoms with Crippen LogP contribution in [0.1, 0.15) is 37.0 Å². The molecule has 0 radical (unpaired) electrons. The summed E-state index contributed by atoms with van der Waals surface area (Å²) in [5, 5.41) is 1.61. The number of benzene rings is 1. The van der Waals surface area contributed by atoms with Gasteiger partial charge in [-0.2, -0.15) is 13.2 Å². The molecule has 1 saturated heterocycles. The SMILES string of the molecule is CCC(NC(=O)c1cn(-c2ccc(F)cc2F)c2nc(N3CCC(C)(F)C3)ccc2c1=O)C(F)(F)F. The quantitative estimate of drug-likeness (QED) is 0.505. The minimum absolute atomic E-state index is 0.0248. The molecule has 12 heteroatoms. The van der Waals surface area contributed by atoms with E-state index in [4.69, 9.17) is 0 Å². The zero-order valence-electron chi connectivity index (χ0n) is 19.3. The van der Waals surface area contributed by atoms with Crippen molar-refractivity contribution in [3.05, 3.63) is 63.9 Å². The number of alkyl halides is 4. The van der Waals surface area contributed by atoms with Gasteiger partial charge < -0.3 is 10.2 Å². The number of amides is 1. The molecule has 1 aliphatic heterocycles. The Bertz CT molecular complexity index is 1390. The van der Waals surface area contributed by atoms with Crippen molar-refractivity contribution in [1.82, 2.24) is 14.9 Å². The van der Waals surface area contributed by atoms with Crippen molar-refractivity contribution in [2.75, 3.05) is 18.0 Å². The number of carbonyl (C=O) groups excluding carboxylic acids is 1. The van der Waals surface area contributed by atoms with Gasteiger partial charge in [-0.3, -0.25) is 14.2 Å². The third-order valence-corrected chi connectivity index (χ3v) is 6.11. The highest BCUT2D eigenvalue weighted by molar-refractivity contribution is 5.97. The van der Waals surface area contributed by atoms with Gasteiger partial charge in [0.1, 0.15) is 34.7 Å². The summed E-state index contributed by atoms with van der Waals surface area (Å²) in [6, 6.07) is 3.07. The van der Waals surface area contributed by atoms with Crippen LogP contribution in [0.15, 0.2) is 41.3 Å². The zero-order valence-corrected chi connectivity index (χ0v) is 19.3. The topological polar surface area (TPSA) is 67.2 Å². The Hall–Kier alpha value is -3.57. The van der Waals surface area contributed by atoms with E-state index in [-0.39, 0.29) is 35.5 Å². The van der Waals surface area contributed by atoms with Crippen LogP contribution in [0.3, 0.4) is 0 Å². The summed E-state index contributed by atoms with van der Waals surface area (Å²) in [4.78, 5) is 31.9. The van der Waals surface area contributed by atoms with E-state index >= 15 is 0 Å². The smallest absolute Gasteiger partial charge is 0.353 e. The predicted molar refractivity (Wildman–Crippen MR) is 121 cm³/mol. The molecule has 36 heavy (non-hydrogen) atoms. The fraction of sp³-hybridized carbons (Fsp3) is 0.375. The van der Waals surface area contributed by atoms with Gasteiger partial charge in [-0.1, -0.05) is 6.92 Å². The van der Waals surface area contributed by atoms with Crippen molar-refractivity contribution < 1.29 is 31.1 Å². The maximum atomic E-state index is 14.7. The minimum Gasteiger partial charge on any atom is -0.353 e. The molecular formula is C24H22F6N4O2. The standard InChI is InChI=1S/C24H22F6N4O2/c1-3-18(24(28,29)30)31-22(36)15-11-34(17-6-4-13(25)10-16(17)26)21-14(20(15)35)5-7-19(32-21)33-9-8-23(2,27)12-33/h4-7,10-11,18H,3,8-9,12H2,1-2H3,(H,31,36). The predicted octanol–water partition coefficient (Wildman–Crippen LogP) is 4.67. The normalized spacial score (nSPS) is 19.1. The molecule has 1 aliphatic rings. The Kier molecular flexibility index (Phi) is 6.48. The van der Waals surface area contributed by atoms with E-state index in [2.05, 4.69) is 4.98 Å². The molecule has 0 spiro atoms. The molecule has 2 unspecified atom stereocenters. The number of nitrogens with one attached hydrogen (secondary N) is 1. The van der Waals surface area contributed by atoms with E-state index < -0.39 is 52.8 Å². The average Bonchev–Trinajstić information content (AvgIpc) is 3.16. The number of pyridine rings is 2. The van der Waals surface area contributed by atoms with Crippen molar-refractivity contribution in [2.45, 2.75) is 44.6 Å². The first-order valence-electron chi connectivity index (χ1n) is 11.1. The van der Waals surface area contributed by atoms with Gasteiger partial charge in [-0.05, 0) is 37.6 Å². The summed E-state index contributed by atoms with van der Waals surface area (Å²) in [7, 11) is 0. The van der Waals surface area contributed by atoms with Crippen LogP contribution in [0.25, 0.3) is 16.7 Å². The number of hydrogen-bond acceptors (Lipinski definition) is 4. The molecule has 6 nitrogen and oxygen atoms in total. The number of carbonyl (C=O) groups is 1. The minimum atomic E-state index is -4.75. The highest BCUT2D eigenvalue weighted by Crippen LogP contribution is 2.30. The summed E-state index contributed by atoms with van der Waals surface area (Å²) in [5.41, 5.74) is -3.49. The number of rotatable bonds is 5. The Morgan fingerprint density at radius 3 is 2.53 bits per heavy atom. The van der Waals surface area contributed by atoms with Crippen LogP contribution in [-0.2, 0) is 0 Å². The maximum absolute atomic E-state index is 14.7. The molecule has 1 aromatic carbocycles. The van der Waals surface area contributed by atoms with Crippen molar-refractivity contribution in [2.24, 2.45) is 0 Å². The van der Waals surface area contributed by atoms with Gasteiger partial charge in [0.2, 0.25) is 5.43 Å². The molecular weight excluding hydrogens is 490 g/mol. The number of anilines is 1. The molecule has 1 fully saturated rings. The van der Waals surface area contributed by atoms with Crippen molar-refractivity contribution in [3.63, 3.8) is 0 Å². The molecule has 1 N–H and O–H groups in total. The maximum Gasteiger partial charge on any atom is 0.408 e. The summed E-state index contributed by atoms with van der Waals surface area (Å²) in [6.45, 7) is 3.01. The molecule has 2 atom stereocenters. The van der Waals surface area contributed by atoms with Crippen LogP contribution in [0, 0.1) is 11.6 Å². The largest absolute Gasteiger partial charge is 0.408 e. The average molecular weight is 512 g/mol. The lowest BCUT2D eigenvalue weighted by atomic mass is 10.1. The second-order valence-corrected chi connectivity index (χ2v) is 8.94. The number of nitrogens with zero attached hydrogens (tertiary/aromatic N) is 3. The van der Waals surface area contributed by atoms with Crippen LogP contribution in [0.2, 0.25) is 0 Å². The lowest BCUT2D eigenvalue weighted by Crippen LogP contribution is -2.46. The fourth-order valence-electron chi connectivity index (χ4n) is 4.16. The molecule has 0 aliphatic carbocycles. The van der Waals surface area contributed by atoms with Crippen LogP contribution in [-0.4, -0.2) is 46.4 Å². The third-order valence-electron chi connectivity index (χ3n) is 6.11. The summed E-state index contributed by atoms with van der Waals surface area (Å²) < 4.78 is 83.3. The van der Waals surface area contributed by atoms with E-state index in [1.807, 2.05) is 0 Å². The Morgan fingerprint density at radius 1 is 1.22 bits per heavy atom. The second-order valence-electron chi connectivity index (χ2n) is 8.94. The van der Waals surface area contributed by atoms with E-state index in [1.165, 1.54) is 26.0 Å². The second kappa shape index (κ2) is 9.14. The molecule has 3 aromatic rings. The van der Waals surface area contributed by atoms with Crippen LogP contribution < -0.4 is 15.6 Å². The fourth-order valence-corrected chi connectivity index (χ4v) is 4.16. The van der Waals surface area contributed by atoms with Gasteiger partial charge in [-0.15, -0.1) is 0 Å². The molecule has 1 amide bonds. The number of hydrogen-bond donors (Lipinski definition) is 1. The van der Waals surface area contributed by atoms with Gasteiger partial charge in [0.15, 0.2) is 5.65 Å². The summed E-state index contributed by atoms with van der Waals surface area (Å²) in [6.07, 6.45) is -4.11. The van der Waals surface area contributed by atoms with Crippen molar-refractivity contribution >= 4 is 22.8 Å². The molecule has 3 heterocycles.